The third kappa shape index (κ3) is 4.82. The first kappa shape index (κ1) is 21.8. The average Bonchev–Trinajstić information content (AvgIpc) is 2.71. The van der Waals surface area contributed by atoms with E-state index in [1.165, 1.54) is 0 Å². The number of anilines is 1. The van der Waals surface area contributed by atoms with Crippen molar-refractivity contribution in [1.82, 2.24) is 4.57 Å². The normalized spacial score (nSPS) is 10.8. The molecule has 0 saturated carbocycles. The summed E-state index contributed by atoms with van der Waals surface area (Å²) in [6, 6.07) is 16.5. The lowest BCUT2D eigenvalue weighted by Gasteiger charge is -2.21. The molecule has 1 amide bonds. The molecule has 5 heteroatoms. The molecule has 0 saturated heterocycles. The number of carbonyl (C=O) groups excluding carboxylic acids is 1. The first-order valence-electron chi connectivity index (χ1n) is 10.3. The van der Waals surface area contributed by atoms with Crippen molar-refractivity contribution in [2.45, 2.75) is 46.6 Å². The minimum Gasteiger partial charge on any atom is -0.344 e. The maximum atomic E-state index is 13.3. The van der Waals surface area contributed by atoms with Crippen molar-refractivity contribution < 1.29 is 4.79 Å². The molecule has 1 aromatic heterocycles. The van der Waals surface area contributed by atoms with Crippen LogP contribution in [0.15, 0.2) is 59.4 Å². The van der Waals surface area contributed by atoms with Crippen molar-refractivity contribution in [2.75, 3.05) is 5.32 Å². The zero-order valence-electron chi connectivity index (χ0n) is 17.7. The number of nitrogens with zero attached hydrogens (tertiary/aromatic N) is 1. The van der Waals surface area contributed by atoms with Gasteiger partial charge in [-0.25, -0.2) is 0 Å². The predicted molar refractivity (Wildman–Crippen MR) is 125 cm³/mol. The Morgan fingerprint density at radius 1 is 1.03 bits per heavy atom. The van der Waals surface area contributed by atoms with E-state index in [1.54, 1.807) is 30.3 Å². The Kier molecular flexibility index (Phi) is 7.11. The molecular weight excluding hydrogens is 396 g/mol. The van der Waals surface area contributed by atoms with Gasteiger partial charge >= 0.3 is 0 Å². The number of unbranched alkanes of at least 4 members (excludes halogenated alkanes) is 2. The molecule has 3 rings (SSSR count). The van der Waals surface area contributed by atoms with E-state index in [4.69, 9.17) is 11.6 Å². The van der Waals surface area contributed by atoms with Gasteiger partial charge in [0, 0.05) is 18.3 Å². The van der Waals surface area contributed by atoms with E-state index < -0.39 is 5.91 Å². The maximum Gasteiger partial charge on any atom is 0.261 e. The number of amides is 1. The molecule has 0 bridgehead atoms. The van der Waals surface area contributed by atoms with Gasteiger partial charge in [-0.15, -0.1) is 0 Å². The molecule has 4 nitrogen and oxygen atoms in total. The molecule has 1 N–H and O–H groups in total. The fourth-order valence-corrected chi connectivity index (χ4v) is 3.82. The SMILES string of the molecule is CCCCCn1c(C)cc(=O)c(C(=O)Nc2ccccc2Cl)c1-c1cccc(C)c1. The number of aromatic nitrogens is 1. The van der Waals surface area contributed by atoms with Gasteiger partial charge in [0.15, 0.2) is 5.43 Å². The second-order valence-corrected chi connectivity index (χ2v) is 7.94. The van der Waals surface area contributed by atoms with E-state index in [1.807, 2.05) is 38.1 Å². The number of aryl methyl sites for hydroxylation is 2. The number of halogens is 1. The lowest BCUT2D eigenvalue weighted by Crippen LogP contribution is -2.27. The Labute approximate surface area is 182 Å². The highest BCUT2D eigenvalue weighted by Crippen LogP contribution is 2.27. The Hall–Kier alpha value is -2.85. The van der Waals surface area contributed by atoms with Gasteiger partial charge in [-0.2, -0.15) is 0 Å². The van der Waals surface area contributed by atoms with Crippen LogP contribution in [0.2, 0.25) is 5.02 Å². The number of pyridine rings is 1. The second kappa shape index (κ2) is 9.77. The zero-order chi connectivity index (χ0) is 21.7. The zero-order valence-corrected chi connectivity index (χ0v) is 18.4. The highest BCUT2D eigenvalue weighted by Gasteiger charge is 2.22. The number of para-hydroxylation sites is 1. The van der Waals surface area contributed by atoms with Crippen LogP contribution in [0, 0.1) is 13.8 Å². The van der Waals surface area contributed by atoms with E-state index in [2.05, 4.69) is 16.8 Å². The fraction of sp³-hybridized carbons (Fsp3) is 0.280. The standard InChI is InChI=1S/C25H27ClN2O2/c1-4-5-8-14-28-18(3)16-22(29)23(24(28)19-11-9-10-17(2)15-19)25(30)27-21-13-7-6-12-20(21)26/h6-7,9-13,15-16H,4-5,8,14H2,1-3H3,(H,27,30). The summed E-state index contributed by atoms with van der Waals surface area (Å²) >= 11 is 6.22. The molecular formula is C25H27ClN2O2. The van der Waals surface area contributed by atoms with E-state index in [9.17, 15) is 9.59 Å². The first-order chi connectivity index (χ1) is 14.4. The molecule has 2 aromatic carbocycles. The largest absolute Gasteiger partial charge is 0.344 e. The van der Waals surface area contributed by atoms with Crippen molar-refractivity contribution >= 4 is 23.2 Å². The first-order valence-corrected chi connectivity index (χ1v) is 10.7. The van der Waals surface area contributed by atoms with Crippen molar-refractivity contribution in [1.29, 1.82) is 0 Å². The van der Waals surface area contributed by atoms with E-state index in [-0.39, 0.29) is 11.0 Å². The summed E-state index contributed by atoms with van der Waals surface area (Å²) in [4.78, 5) is 26.3. The van der Waals surface area contributed by atoms with Crippen LogP contribution in [-0.4, -0.2) is 10.5 Å². The highest BCUT2D eigenvalue weighted by atomic mass is 35.5. The smallest absolute Gasteiger partial charge is 0.261 e. The number of benzene rings is 2. The highest BCUT2D eigenvalue weighted by molar-refractivity contribution is 6.34. The Morgan fingerprint density at radius 2 is 1.80 bits per heavy atom. The minimum atomic E-state index is -0.450. The topological polar surface area (TPSA) is 51.1 Å². The summed E-state index contributed by atoms with van der Waals surface area (Å²) in [7, 11) is 0. The van der Waals surface area contributed by atoms with E-state index in [0.29, 0.717) is 16.4 Å². The molecule has 1 heterocycles. The number of nitrogens with one attached hydrogen (secondary N) is 1. The molecule has 0 aliphatic heterocycles. The number of rotatable bonds is 7. The molecule has 0 atom stereocenters. The van der Waals surface area contributed by atoms with Crippen LogP contribution >= 0.6 is 11.6 Å². The van der Waals surface area contributed by atoms with Crippen LogP contribution in [0.3, 0.4) is 0 Å². The van der Waals surface area contributed by atoms with E-state index >= 15 is 0 Å². The molecule has 3 aromatic rings. The third-order valence-corrected chi connectivity index (χ3v) is 5.47. The van der Waals surface area contributed by atoms with Gasteiger partial charge in [0.1, 0.15) is 5.56 Å². The summed E-state index contributed by atoms with van der Waals surface area (Å²) in [6.45, 7) is 6.82. The van der Waals surface area contributed by atoms with Gasteiger partial charge in [0.2, 0.25) is 0 Å². The summed E-state index contributed by atoms with van der Waals surface area (Å²) < 4.78 is 2.09. The van der Waals surface area contributed by atoms with Gasteiger partial charge in [-0.3, -0.25) is 9.59 Å². The van der Waals surface area contributed by atoms with Crippen LogP contribution in [0.1, 0.15) is 47.8 Å². The van der Waals surface area contributed by atoms with Gasteiger partial charge in [-0.1, -0.05) is 67.3 Å². The van der Waals surface area contributed by atoms with Crippen LogP contribution in [0.4, 0.5) is 5.69 Å². The third-order valence-electron chi connectivity index (χ3n) is 5.14. The monoisotopic (exact) mass is 422 g/mol. The van der Waals surface area contributed by atoms with Gasteiger partial charge in [-0.05, 0) is 44.0 Å². The average molecular weight is 423 g/mol. The summed E-state index contributed by atoms with van der Waals surface area (Å²) in [5, 5.41) is 3.25. The van der Waals surface area contributed by atoms with Crippen molar-refractivity contribution in [3.05, 3.63) is 86.7 Å². The van der Waals surface area contributed by atoms with Gasteiger partial charge < -0.3 is 9.88 Å². The van der Waals surface area contributed by atoms with Crippen molar-refractivity contribution in [3.8, 4) is 11.3 Å². The molecule has 0 aliphatic rings. The summed E-state index contributed by atoms with van der Waals surface area (Å²) in [5.41, 5.74) is 3.77. The molecule has 30 heavy (non-hydrogen) atoms. The molecule has 0 unspecified atom stereocenters. The summed E-state index contributed by atoms with van der Waals surface area (Å²) in [6.07, 6.45) is 3.16. The molecule has 156 valence electrons. The number of carbonyl (C=O) groups is 1. The number of hydrogen-bond acceptors (Lipinski definition) is 2. The van der Waals surface area contributed by atoms with Crippen molar-refractivity contribution in [3.63, 3.8) is 0 Å². The van der Waals surface area contributed by atoms with Gasteiger partial charge in [0.05, 0.1) is 16.4 Å². The van der Waals surface area contributed by atoms with Gasteiger partial charge in [0.25, 0.3) is 5.91 Å². The van der Waals surface area contributed by atoms with Crippen LogP contribution in [-0.2, 0) is 6.54 Å². The van der Waals surface area contributed by atoms with Crippen molar-refractivity contribution in [2.24, 2.45) is 0 Å². The maximum absolute atomic E-state index is 13.3. The second-order valence-electron chi connectivity index (χ2n) is 7.54. The Bertz CT molecular complexity index is 1120. The minimum absolute atomic E-state index is 0.141. The summed E-state index contributed by atoms with van der Waals surface area (Å²) in [5.74, 6) is -0.450. The fourth-order valence-electron chi connectivity index (χ4n) is 3.64. The molecule has 0 aliphatic carbocycles. The quantitative estimate of drug-likeness (QED) is 0.459. The lowest BCUT2D eigenvalue weighted by atomic mass is 10.0. The Balaban J connectivity index is 2.17. The van der Waals surface area contributed by atoms with E-state index in [0.717, 1.165) is 42.6 Å². The van der Waals surface area contributed by atoms with Crippen LogP contribution in [0.5, 0.6) is 0 Å². The molecule has 0 fully saturated rings. The Morgan fingerprint density at radius 3 is 2.50 bits per heavy atom. The lowest BCUT2D eigenvalue weighted by molar-refractivity contribution is 0.102. The molecule has 0 spiro atoms. The van der Waals surface area contributed by atoms with Crippen LogP contribution in [0.25, 0.3) is 11.3 Å². The van der Waals surface area contributed by atoms with Crippen LogP contribution < -0.4 is 10.7 Å². The molecule has 0 radical (unpaired) electrons. The predicted octanol–water partition coefficient (Wildman–Crippen LogP) is 6.23. The number of hydrogen-bond donors (Lipinski definition) is 1.